The number of rotatable bonds is 2. The molecule has 3 rings (SSSR count). The molecule has 2 heteroatoms. The van der Waals surface area contributed by atoms with Crippen LogP contribution < -0.4 is 0 Å². The first-order chi connectivity index (χ1) is 7.72. The van der Waals surface area contributed by atoms with Crippen molar-refractivity contribution in [3.05, 3.63) is 0 Å². The number of fused-ring (bicyclic) bond motifs is 2. The van der Waals surface area contributed by atoms with Crippen molar-refractivity contribution in [1.29, 1.82) is 0 Å². The summed E-state index contributed by atoms with van der Waals surface area (Å²) in [7, 11) is 0. The number of nitrogens with zero attached hydrogens (tertiary/aromatic N) is 1. The standard InChI is InChI=1S/C14H25NO/c1-10-2-5-14(16)12(6-10)9-15-8-11-3-4-13(15)7-11/h10-14,16H,2-9H2,1H3. The van der Waals surface area contributed by atoms with E-state index in [4.69, 9.17) is 0 Å². The fourth-order valence-electron chi connectivity index (χ4n) is 4.23. The number of hydrogen-bond acceptors (Lipinski definition) is 2. The summed E-state index contributed by atoms with van der Waals surface area (Å²) >= 11 is 0. The average molecular weight is 223 g/mol. The van der Waals surface area contributed by atoms with Crippen molar-refractivity contribution in [3.63, 3.8) is 0 Å². The summed E-state index contributed by atoms with van der Waals surface area (Å²) in [5, 5.41) is 10.1. The maximum atomic E-state index is 10.1. The van der Waals surface area contributed by atoms with E-state index in [-0.39, 0.29) is 6.10 Å². The molecule has 2 nitrogen and oxygen atoms in total. The minimum atomic E-state index is -0.0182. The molecular weight excluding hydrogens is 198 g/mol. The van der Waals surface area contributed by atoms with Crippen molar-refractivity contribution in [3.8, 4) is 0 Å². The molecule has 0 spiro atoms. The Morgan fingerprint density at radius 1 is 1.12 bits per heavy atom. The van der Waals surface area contributed by atoms with Gasteiger partial charge in [0.1, 0.15) is 0 Å². The molecule has 2 aliphatic carbocycles. The highest BCUT2D eigenvalue weighted by Gasteiger charge is 2.39. The zero-order valence-electron chi connectivity index (χ0n) is 10.4. The zero-order valence-corrected chi connectivity index (χ0v) is 10.4. The van der Waals surface area contributed by atoms with Gasteiger partial charge in [0, 0.05) is 19.1 Å². The second-order valence-electron chi connectivity index (χ2n) is 6.53. The highest BCUT2D eigenvalue weighted by molar-refractivity contribution is 4.94. The predicted octanol–water partition coefficient (Wildman–Crippen LogP) is 2.27. The maximum Gasteiger partial charge on any atom is 0.0580 e. The Hall–Kier alpha value is -0.0800. The number of aliphatic hydroxyl groups excluding tert-OH is 1. The van der Waals surface area contributed by atoms with Crippen LogP contribution in [0.5, 0.6) is 0 Å². The molecule has 1 aliphatic heterocycles. The van der Waals surface area contributed by atoms with E-state index in [1.165, 1.54) is 45.2 Å². The van der Waals surface area contributed by atoms with Gasteiger partial charge < -0.3 is 5.11 Å². The van der Waals surface area contributed by atoms with Crippen molar-refractivity contribution >= 4 is 0 Å². The second kappa shape index (κ2) is 4.30. The van der Waals surface area contributed by atoms with Crippen molar-refractivity contribution in [2.75, 3.05) is 13.1 Å². The Morgan fingerprint density at radius 2 is 2.00 bits per heavy atom. The third-order valence-electron chi connectivity index (χ3n) is 5.20. The summed E-state index contributed by atoms with van der Waals surface area (Å²) in [5.74, 6) is 2.37. The minimum Gasteiger partial charge on any atom is -0.393 e. The zero-order chi connectivity index (χ0) is 11.1. The number of piperidine rings is 1. The van der Waals surface area contributed by atoms with Gasteiger partial charge in [0.05, 0.1) is 6.10 Å². The molecule has 1 saturated heterocycles. The Bertz CT molecular complexity index is 255. The van der Waals surface area contributed by atoms with Gasteiger partial charge in [-0.3, -0.25) is 4.90 Å². The first kappa shape index (κ1) is 11.0. The van der Waals surface area contributed by atoms with E-state index in [0.717, 1.165) is 24.3 Å². The average Bonchev–Trinajstić information content (AvgIpc) is 2.85. The van der Waals surface area contributed by atoms with Gasteiger partial charge in [0.15, 0.2) is 0 Å². The van der Waals surface area contributed by atoms with Gasteiger partial charge in [-0.15, -0.1) is 0 Å². The summed E-state index contributed by atoms with van der Waals surface area (Å²) in [6, 6.07) is 0.870. The van der Waals surface area contributed by atoms with E-state index in [2.05, 4.69) is 11.8 Å². The van der Waals surface area contributed by atoms with Crippen LogP contribution in [-0.4, -0.2) is 35.2 Å². The fraction of sp³-hybridized carbons (Fsp3) is 1.00. The maximum absolute atomic E-state index is 10.1. The topological polar surface area (TPSA) is 23.5 Å². The third kappa shape index (κ3) is 2.02. The Balaban J connectivity index is 1.57. The van der Waals surface area contributed by atoms with Gasteiger partial charge in [-0.25, -0.2) is 0 Å². The van der Waals surface area contributed by atoms with E-state index >= 15 is 0 Å². The molecule has 0 aromatic rings. The van der Waals surface area contributed by atoms with Crippen molar-refractivity contribution in [2.24, 2.45) is 17.8 Å². The lowest BCUT2D eigenvalue weighted by molar-refractivity contribution is 0.0246. The van der Waals surface area contributed by atoms with Crippen LogP contribution in [0.4, 0.5) is 0 Å². The Kier molecular flexibility index (Phi) is 2.97. The Morgan fingerprint density at radius 3 is 2.69 bits per heavy atom. The van der Waals surface area contributed by atoms with Crippen molar-refractivity contribution in [1.82, 2.24) is 4.90 Å². The lowest BCUT2D eigenvalue weighted by Gasteiger charge is -2.37. The predicted molar refractivity (Wildman–Crippen MR) is 65.2 cm³/mol. The molecule has 0 amide bonds. The van der Waals surface area contributed by atoms with Crippen LogP contribution in [-0.2, 0) is 0 Å². The number of likely N-dealkylation sites (tertiary alicyclic amines) is 1. The lowest BCUT2D eigenvalue weighted by atomic mass is 9.80. The molecule has 5 atom stereocenters. The van der Waals surface area contributed by atoms with Gasteiger partial charge >= 0.3 is 0 Å². The highest BCUT2D eigenvalue weighted by Crippen LogP contribution is 2.39. The molecule has 0 aromatic heterocycles. The highest BCUT2D eigenvalue weighted by atomic mass is 16.3. The SMILES string of the molecule is CC1CCC(O)C(CN2CC3CCC2C3)C1. The molecule has 92 valence electrons. The first-order valence-electron chi connectivity index (χ1n) is 7.14. The lowest BCUT2D eigenvalue weighted by Crippen LogP contribution is -2.41. The summed E-state index contributed by atoms with van der Waals surface area (Å²) in [4.78, 5) is 2.68. The molecule has 2 saturated carbocycles. The van der Waals surface area contributed by atoms with Crippen LogP contribution in [0.1, 0.15) is 45.4 Å². The van der Waals surface area contributed by atoms with Gasteiger partial charge in [0.2, 0.25) is 0 Å². The molecule has 1 heterocycles. The molecule has 3 fully saturated rings. The van der Waals surface area contributed by atoms with E-state index in [1.807, 2.05) is 0 Å². The summed E-state index contributed by atoms with van der Waals surface area (Å²) in [5.41, 5.74) is 0. The smallest absolute Gasteiger partial charge is 0.0580 e. The Labute approximate surface area is 99.0 Å². The van der Waals surface area contributed by atoms with E-state index in [9.17, 15) is 5.11 Å². The summed E-state index contributed by atoms with van der Waals surface area (Å²) < 4.78 is 0. The molecule has 0 radical (unpaired) electrons. The normalized spacial score (nSPS) is 48.8. The molecule has 0 aromatic carbocycles. The molecule has 3 aliphatic rings. The molecule has 16 heavy (non-hydrogen) atoms. The van der Waals surface area contributed by atoms with Crippen LogP contribution in [0.15, 0.2) is 0 Å². The summed E-state index contributed by atoms with van der Waals surface area (Å²) in [6.07, 6.45) is 7.81. The number of hydrogen-bond donors (Lipinski definition) is 1. The largest absolute Gasteiger partial charge is 0.393 e. The van der Waals surface area contributed by atoms with Gasteiger partial charge in [-0.2, -0.15) is 0 Å². The third-order valence-corrected chi connectivity index (χ3v) is 5.20. The van der Waals surface area contributed by atoms with Crippen LogP contribution in [0.2, 0.25) is 0 Å². The van der Waals surface area contributed by atoms with Gasteiger partial charge in [0.25, 0.3) is 0 Å². The van der Waals surface area contributed by atoms with Gasteiger partial charge in [-0.05, 0) is 56.3 Å². The second-order valence-corrected chi connectivity index (χ2v) is 6.53. The fourth-order valence-corrected chi connectivity index (χ4v) is 4.23. The van der Waals surface area contributed by atoms with E-state index in [0.29, 0.717) is 5.92 Å². The molecular formula is C14H25NO. The van der Waals surface area contributed by atoms with E-state index in [1.54, 1.807) is 0 Å². The van der Waals surface area contributed by atoms with Crippen molar-refractivity contribution in [2.45, 2.75) is 57.6 Å². The molecule has 5 unspecified atom stereocenters. The minimum absolute atomic E-state index is 0.0182. The van der Waals surface area contributed by atoms with Crippen LogP contribution in [0, 0.1) is 17.8 Å². The molecule has 1 N–H and O–H groups in total. The first-order valence-corrected chi connectivity index (χ1v) is 7.14. The van der Waals surface area contributed by atoms with Crippen molar-refractivity contribution < 1.29 is 5.11 Å². The van der Waals surface area contributed by atoms with Gasteiger partial charge in [-0.1, -0.05) is 6.92 Å². The van der Waals surface area contributed by atoms with Crippen LogP contribution >= 0.6 is 0 Å². The van der Waals surface area contributed by atoms with Crippen LogP contribution in [0.3, 0.4) is 0 Å². The van der Waals surface area contributed by atoms with Crippen LogP contribution in [0.25, 0.3) is 0 Å². The monoisotopic (exact) mass is 223 g/mol. The number of aliphatic hydroxyl groups is 1. The van der Waals surface area contributed by atoms with E-state index < -0.39 is 0 Å². The quantitative estimate of drug-likeness (QED) is 0.776. The summed E-state index contributed by atoms with van der Waals surface area (Å²) in [6.45, 7) is 4.84. The molecule has 2 bridgehead atoms.